The summed E-state index contributed by atoms with van der Waals surface area (Å²) in [5.41, 5.74) is 5.86. The smallest absolute Gasteiger partial charge is 0.227 e. The van der Waals surface area contributed by atoms with E-state index >= 15 is 0 Å². The maximum atomic E-state index is 12.4. The van der Waals surface area contributed by atoms with Gasteiger partial charge in [0.15, 0.2) is 0 Å². The Labute approximate surface area is 145 Å². The van der Waals surface area contributed by atoms with Gasteiger partial charge in [0, 0.05) is 37.9 Å². The Kier molecular flexibility index (Phi) is 9.05. The quantitative estimate of drug-likeness (QED) is 0.906. The molecule has 0 bridgehead atoms. The topological polar surface area (TPSA) is 64.2 Å². The van der Waals surface area contributed by atoms with Gasteiger partial charge >= 0.3 is 0 Å². The summed E-state index contributed by atoms with van der Waals surface area (Å²) in [6, 6.07) is 0.257. The Balaban J connectivity index is 0.00000220. The van der Waals surface area contributed by atoms with E-state index in [9.17, 15) is 4.79 Å². The van der Waals surface area contributed by atoms with Crippen LogP contribution in [-0.4, -0.2) is 39.5 Å². The SMILES string of the molecule is CCc1nccn1C1CCCN(C(=O)C(C)C(C)N)C1.Cl.Cl. The first kappa shape index (κ1) is 21.2. The Morgan fingerprint density at radius 2 is 2.14 bits per heavy atom. The van der Waals surface area contributed by atoms with E-state index in [0.29, 0.717) is 6.04 Å². The summed E-state index contributed by atoms with van der Waals surface area (Å²) in [6.07, 6.45) is 6.97. The molecular weight excluding hydrogens is 323 g/mol. The van der Waals surface area contributed by atoms with Crippen molar-refractivity contribution in [3.05, 3.63) is 18.2 Å². The summed E-state index contributed by atoms with van der Waals surface area (Å²) in [6.45, 7) is 7.56. The van der Waals surface area contributed by atoms with Gasteiger partial charge in [-0.2, -0.15) is 0 Å². The molecule has 0 radical (unpaired) electrons. The fourth-order valence-electron chi connectivity index (χ4n) is 2.85. The first-order valence-electron chi connectivity index (χ1n) is 7.60. The van der Waals surface area contributed by atoms with Crippen molar-refractivity contribution >= 4 is 30.7 Å². The molecule has 5 nitrogen and oxygen atoms in total. The van der Waals surface area contributed by atoms with Crippen LogP contribution in [0.5, 0.6) is 0 Å². The van der Waals surface area contributed by atoms with E-state index in [2.05, 4.69) is 16.5 Å². The average molecular weight is 351 g/mol. The van der Waals surface area contributed by atoms with Crippen LogP contribution in [0, 0.1) is 5.92 Å². The number of likely N-dealkylation sites (tertiary alicyclic amines) is 1. The van der Waals surface area contributed by atoms with E-state index in [1.807, 2.05) is 31.1 Å². The molecule has 1 aliphatic rings. The summed E-state index contributed by atoms with van der Waals surface area (Å²) < 4.78 is 2.23. The number of imidazole rings is 1. The Morgan fingerprint density at radius 1 is 1.45 bits per heavy atom. The molecular formula is C15H28Cl2N4O. The number of hydrogen-bond acceptors (Lipinski definition) is 3. The van der Waals surface area contributed by atoms with E-state index in [4.69, 9.17) is 5.73 Å². The van der Waals surface area contributed by atoms with Gasteiger partial charge in [-0.15, -0.1) is 24.8 Å². The van der Waals surface area contributed by atoms with Gasteiger partial charge in [-0.3, -0.25) is 4.79 Å². The molecule has 22 heavy (non-hydrogen) atoms. The molecule has 1 aromatic heterocycles. The summed E-state index contributed by atoms with van der Waals surface area (Å²) in [5.74, 6) is 1.18. The minimum atomic E-state index is -0.109. The molecule has 2 rings (SSSR count). The highest BCUT2D eigenvalue weighted by atomic mass is 35.5. The second-order valence-corrected chi connectivity index (χ2v) is 5.83. The number of aromatic nitrogens is 2. The van der Waals surface area contributed by atoms with E-state index < -0.39 is 0 Å². The van der Waals surface area contributed by atoms with Crippen molar-refractivity contribution in [3.63, 3.8) is 0 Å². The van der Waals surface area contributed by atoms with Crippen molar-refractivity contribution in [3.8, 4) is 0 Å². The van der Waals surface area contributed by atoms with Crippen LogP contribution in [0.4, 0.5) is 0 Å². The van der Waals surface area contributed by atoms with Crippen molar-refractivity contribution < 1.29 is 4.79 Å². The van der Waals surface area contributed by atoms with Crippen molar-refractivity contribution in [2.24, 2.45) is 11.7 Å². The van der Waals surface area contributed by atoms with Crippen molar-refractivity contribution in [1.82, 2.24) is 14.5 Å². The molecule has 1 amide bonds. The van der Waals surface area contributed by atoms with Crippen molar-refractivity contribution in [2.45, 2.75) is 52.1 Å². The summed E-state index contributed by atoms with van der Waals surface area (Å²) >= 11 is 0. The first-order chi connectivity index (χ1) is 9.54. The highest BCUT2D eigenvalue weighted by Crippen LogP contribution is 2.24. The Bertz CT molecular complexity index is 464. The first-order valence-corrected chi connectivity index (χ1v) is 7.60. The number of carbonyl (C=O) groups is 1. The van der Waals surface area contributed by atoms with Gasteiger partial charge in [0.25, 0.3) is 0 Å². The van der Waals surface area contributed by atoms with E-state index in [0.717, 1.165) is 38.2 Å². The molecule has 3 unspecified atom stereocenters. The lowest BCUT2D eigenvalue weighted by Crippen LogP contribution is -2.46. The normalized spacial score (nSPS) is 20.5. The minimum Gasteiger partial charge on any atom is -0.340 e. The highest BCUT2D eigenvalue weighted by Gasteiger charge is 2.29. The number of piperidine rings is 1. The molecule has 128 valence electrons. The molecule has 7 heteroatoms. The molecule has 0 aliphatic carbocycles. The summed E-state index contributed by atoms with van der Waals surface area (Å²) in [7, 11) is 0. The van der Waals surface area contributed by atoms with Gasteiger partial charge in [0.05, 0.1) is 12.0 Å². The Hall–Kier alpha value is -0.780. The molecule has 0 spiro atoms. The van der Waals surface area contributed by atoms with Crippen LogP contribution in [0.1, 0.15) is 45.5 Å². The zero-order chi connectivity index (χ0) is 14.7. The fourth-order valence-corrected chi connectivity index (χ4v) is 2.85. The summed E-state index contributed by atoms with van der Waals surface area (Å²) in [4.78, 5) is 18.8. The predicted octanol–water partition coefficient (Wildman–Crippen LogP) is 2.44. The fraction of sp³-hybridized carbons (Fsp3) is 0.733. The largest absolute Gasteiger partial charge is 0.340 e. The van der Waals surface area contributed by atoms with E-state index in [-0.39, 0.29) is 42.7 Å². The van der Waals surface area contributed by atoms with Crippen LogP contribution in [0.25, 0.3) is 0 Å². The lowest BCUT2D eigenvalue weighted by atomic mass is 9.99. The van der Waals surface area contributed by atoms with Crippen molar-refractivity contribution in [2.75, 3.05) is 13.1 Å². The number of aryl methyl sites for hydroxylation is 1. The minimum absolute atomic E-state index is 0. The number of carbonyl (C=O) groups excluding carboxylic acids is 1. The molecule has 1 aromatic rings. The van der Waals surface area contributed by atoms with E-state index in [1.54, 1.807) is 0 Å². The zero-order valence-electron chi connectivity index (χ0n) is 13.6. The van der Waals surface area contributed by atoms with Crippen molar-refractivity contribution in [1.29, 1.82) is 0 Å². The molecule has 2 heterocycles. The number of rotatable bonds is 4. The molecule has 1 saturated heterocycles. The molecule has 1 aliphatic heterocycles. The number of hydrogen-bond donors (Lipinski definition) is 1. The van der Waals surface area contributed by atoms with Crippen LogP contribution in [0.3, 0.4) is 0 Å². The van der Waals surface area contributed by atoms with Crippen LogP contribution in [-0.2, 0) is 11.2 Å². The summed E-state index contributed by atoms with van der Waals surface area (Å²) in [5, 5.41) is 0. The van der Waals surface area contributed by atoms with Gasteiger partial charge in [0.1, 0.15) is 5.82 Å². The number of nitrogens with two attached hydrogens (primary N) is 1. The van der Waals surface area contributed by atoms with Gasteiger partial charge < -0.3 is 15.2 Å². The number of nitrogens with zero attached hydrogens (tertiary/aromatic N) is 3. The molecule has 0 aromatic carbocycles. The van der Waals surface area contributed by atoms with Gasteiger partial charge in [-0.1, -0.05) is 13.8 Å². The highest BCUT2D eigenvalue weighted by molar-refractivity contribution is 5.85. The third kappa shape index (κ3) is 4.61. The molecule has 3 atom stereocenters. The molecule has 0 saturated carbocycles. The van der Waals surface area contributed by atoms with Gasteiger partial charge in [-0.05, 0) is 19.8 Å². The predicted molar refractivity (Wildman–Crippen MR) is 93.8 cm³/mol. The lowest BCUT2D eigenvalue weighted by molar-refractivity contribution is -0.137. The van der Waals surface area contributed by atoms with Crippen LogP contribution in [0.2, 0.25) is 0 Å². The lowest BCUT2D eigenvalue weighted by Gasteiger charge is -2.36. The maximum Gasteiger partial charge on any atom is 0.227 e. The second-order valence-electron chi connectivity index (χ2n) is 5.83. The third-order valence-corrected chi connectivity index (χ3v) is 4.34. The molecule has 1 fully saturated rings. The monoisotopic (exact) mass is 350 g/mol. The Morgan fingerprint density at radius 3 is 2.73 bits per heavy atom. The number of amides is 1. The van der Waals surface area contributed by atoms with Gasteiger partial charge in [-0.25, -0.2) is 4.98 Å². The maximum absolute atomic E-state index is 12.4. The van der Waals surface area contributed by atoms with Crippen LogP contribution in [0.15, 0.2) is 12.4 Å². The average Bonchev–Trinajstić information content (AvgIpc) is 2.94. The van der Waals surface area contributed by atoms with Crippen LogP contribution >= 0.6 is 24.8 Å². The third-order valence-electron chi connectivity index (χ3n) is 4.34. The van der Waals surface area contributed by atoms with Crippen LogP contribution < -0.4 is 5.73 Å². The molecule has 2 N–H and O–H groups in total. The van der Waals surface area contributed by atoms with E-state index in [1.165, 1.54) is 0 Å². The second kappa shape index (κ2) is 9.38. The number of halogens is 2. The van der Waals surface area contributed by atoms with Gasteiger partial charge in [0.2, 0.25) is 5.91 Å². The standard InChI is InChI=1S/C15H26N4O.2ClH/c1-4-14-17-7-9-19(14)13-6-5-8-18(10-13)15(20)11(2)12(3)16;;/h7,9,11-13H,4-6,8,10,16H2,1-3H3;2*1H. The zero-order valence-corrected chi connectivity index (χ0v) is 15.2.